The van der Waals surface area contributed by atoms with Crippen LogP contribution < -0.4 is 13.8 Å². The quantitative estimate of drug-likeness (QED) is 0.380. The molecule has 1 fully saturated rings. The summed E-state index contributed by atoms with van der Waals surface area (Å²) in [6.45, 7) is 4.80. The topological polar surface area (TPSA) is 79.4 Å². The molecule has 0 aliphatic carbocycles. The molecule has 1 amide bonds. The van der Waals surface area contributed by atoms with Gasteiger partial charge in [-0.3, -0.25) is 14.0 Å². The fraction of sp³-hybridized carbons (Fsp3) is 0.300. The van der Waals surface area contributed by atoms with Crippen LogP contribution in [0.2, 0.25) is 0 Å². The Hall–Kier alpha value is -3.82. The number of piperazine rings is 1. The predicted octanol–water partition coefficient (Wildman–Crippen LogP) is 4.07. The molecule has 0 unspecified atom stereocenters. The van der Waals surface area contributed by atoms with E-state index in [0.29, 0.717) is 37.7 Å². The maximum Gasteiger partial charge on any atom is 0.264 e. The summed E-state index contributed by atoms with van der Waals surface area (Å²) < 4.78 is 39.6. The Bertz CT molecular complexity index is 1380. The highest BCUT2D eigenvalue weighted by molar-refractivity contribution is 7.92. The van der Waals surface area contributed by atoms with E-state index in [0.717, 1.165) is 22.0 Å². The van der Waals surface area contributed by atoms with E-state index in [4.69, 9.17) is 9.47 Å². The summed E-state index contributed by atoms with van der Waals surface area (Å²) in [6.07, 6.45) is 4.21. The van der Waals surface area contributed by atoms with E-state index in [1.807, 2.05) is 25.1 Å². The number of methoxy groups -OCH3 is 2. The van der Waals surface area contributed by atoms with Gasteiger partial charge in [0.1, 0.15) is 18.0 Å². The van der Waals surface area contributed by atoms with Crippen LogP contribution in [0.25, 0.3) is 6.08 Å². The second kappa shape index (κ2) is 12.8. The number of carbonyl (C=O) groups is 1. The number of hydrogen-bond acceptors (Lipinski definition) is 6. The number of carbonyl (C=O) groups excluding carboxylic acids is 1. The second-order valence-corrected chi connectivity index (χ2v) is 11.2. The standard InChI is InChI=1S/C30H35N3O5S/c1-24-11-14-27(15-12-24)39(35,36)33(28-16-13-26(37-2)22-29(28)38-3)23-30(34)32-20-18-31(19-21-32)17-7-10-25-8-5-4-6-9-25/h4-16,22H,17-21,23H2,1-3H3/b10-7+. The minimum atomic E-state index is -4.06. The summed E-state index contributed by atoms with van der Waals surface area (Å²) in [6, 6.07) is 21.6. The molecule has 1 aliphatic heterocycles. The molecular weight excluding hydrogens is 514 g/mol. The normalized spacial score (nSPS) is 14.4. The van der Waals surface area contributed by atoms with E-state index in [1.165, 1.54) is 14.2 Å². The monoisotopic (exact) mass is 549 g/mol. The fourth-order valence-electron chi connectivity index (χ4n) is 4.43. The zero-order chi connectivity index (χ0) is 27.8. The molecule has 0 bridgehead atoms. The van der Waals surface area contributed by atoms with Gasteiger partial charge in [0.25, 0.3) is 10.0 Å². The molecule has 0 atom stereocenters. The lowest BCUT2D eigenvalue weighted by atomic mass is 10.2. The van der Waals surface area contributed by atoms with Gasteiger partial charge in [-0.05, 0) is 36.8 Å². The Morgan fingerprint density at radius 2 is 1.62 bits per heavy atom. The Labute approximate surface area is 231 Å². The van der Waals surface area contributed by atoms with Crippen LogP contribution in [0.3, 0.4) is 0 Å². The highest BCUT2D eigenvalue weighted by Gasteiger charge is 2.32. The Morgan fingerprint density at radius 3 is 2.26 bits per heavy atom. The number of benzene rings is 3. The SMILES string of the molecule is COc1ccc(N(CC(=O)N2CCN(C/C=C/c3ccccc3)CC2)S(=O)(=O)c2ccc(C)cc2)c(OC)c1. The van der Waals surface area contributed by atoms with Crippen molar-refractivity contribution in [3.8, 4) is 11.5 Å². The molecule has 8 nitrogen and oxygen atoms in total. The van der Waals surface area contributed by atoms with Crippen LogP contribution in [0.15, 0.2) is 83.8 Å². The smallest absolute Gasteiger partial charge is 0.264 e. The van der Waals surface area contributed by atoms with E-state index in [-0.39, 0.29) is 23.0 Å². The van der Waals surface area contributed by atoms with Crippen LogP contribution in [0.4, 0.5) is 5.69 Å². The third kappa shape index (κ3) is 6.99. The van der Waals surface area contributed by atoms with Gasteiger partial charge in [0.15, 0.2) is 0 Å². The minimum Gasteiger partial charge on any atom is -0.497 e. The molecule has 0 spiro atoms. The minimum absolute atomic E-state index is 0.105. The van der Waals surface area contributed by atoms with Crippen LogP contribution in [-0.4, -0.2) is 77.6 Å². The maximum absolute atomic E-state index is 13.8. The zero-order valence-corrected chi connectivity index (χ0v) is 23.4. The second-order valence-electron chi connectivity index (χ2n) is 9.36. The predicted molar refractivity (Wildman–Crippen MR) is 154 cm³/mol. The van der Waals surface area contributed by atoms with Gasteiger partial charge >= 0.3 is 0 Å². The first-order chi connectivity index (χ1) is 18.8. The van der Waals surface area contributed by atoms with Gasteiger partial charge in [0.05, 0.1) is 24.8 Å². The average molecular weight is 550 g/mol. The number of sulfonamides is 1. The highest BCUT2D eigenvalue weighted by atomic mass is 32.2. The molecule has 0 aromatic heterocycles. The Balaban J connectivity index is 1.50. The first-order valence-corrected chi connectivity index (χ1v) is 14.3. The van der Waals surface area contributed by atoms with Crippen LogP contribution >= 0.6 is 0 Å². The van der Waals surface area contributed by atoms with Crippen molar-refractivity contribution < 1.29 is 22.7 Å². The van der Waals surface area contributed by atoms with E-state index in [9.17, 15) is 13.2 Å². The van der Waals surface area contributed by atoms with Crippen molar-refractivity contribution in [1.82, 2.24) is 9.80 Å². The summed E-state index contributed by atoms with van der Waals surface area (Å²) in [7, 11) is -1.08. The number of amides is 1. The number of ether oxygens (including phenoxy) is 2. The molecule has 1 aliphatic rings. The fourth-order valence-corrected chi connectivity index (χ4v) is 5.86. The van der Waals surface area contributed by atoms with Crippen LogP contribution in [0, 0.1) is 6.92 Å². The van der Waals surface area contributed by atoms with Crippen LogP contribution in [0.5, 0.6) is 11.5 Å². The molecular formula is C30H35N3O5S. The lowest BCUT2D eigenvalue weighted by Gasteiger charge is -2.35. The van der Waals surface area contributed by atoms with Crippen molar-refractivity contribution in [2.24, 2.45) is 0 Å². The van der Waals surface area contributed by atoms with E-state index >= 15 is 0 Å². The van der Waals surface area contributed by atoms with Gasteiger partial charge in [-0.25, -0.2) is 8.42 Å². The number of aryl methyl sites for hydroxylation is 1. The average Bonchev–Trinajstić information content (AvgIpc) is 2.96. The number of hydrogen-bond donors (Lipinski definition) is 0. The molecule has 3 aromatic rings. The van der Waals surface area contributed by atoms with Gasteiger partial charge in [0.2, 0.25) is 5.91 Å². The molecule has 0 N–H and O–H groups in total. The summed E-state index contributed by atoms with van der Waals surface area (Å²) in [5.74, 6) is 0.558. The van der Waals surface area contributed by atoms with Crippen molar-refractivity contribution >= 4 is 27.7 Å². The van der Waals surface area contributed by atoms with Crippen molar-refractivity contribution in [2.75, 3.05) is 57.8 Å². The molecule has 39 heavy (non-hydrogen) atoms. The Kier molecular flexibility index (Phi) is 9.27. The van der Waals surface area contributed by atoms with Crippen molar-refractivity contribution in [3.63, 3.8) is 0 Å². The van der Waals surface area contributed by atoms with Crippen LogP contribution in [0.1, 0.15) is 11.1 Å². The molecule has 0 radical (unpaired) electrons. The number of anilines is 1. The van der Waals surface area contributed by atoms with Crippen LogP contribution in [-0.2, 0) is 14.8 Å². The van der Waals surface area contributed by atoms with Gasteiger partial charge in [0, 0.05) is 38.8 Å². The van der Waals surface area contributed by atoms with Gasteiger partial charge in [-0.1, -0.05) is 60.2 Å². The third-order valence-electron chi connectivity index (χ3n) is 6.74. The first kappa shape index (κ1) is 28.2. The molecule has 0 saturated carbocycles. The summed E-state index contributed by atoms with van der Waals surface area (Å²) >= 11 is 0. The summed E-state index contributed by atoms with van der Waals surface area (Å²) in [4.78, 5) is 17.6. The number of nitrogens with zero attached hydrogens (tertiary/aromatic N) is 3. The third-order valence-corrected chi connectivity index (χ3v) is 8.52. The van der Waals surface area contributed by atoms with Crippen molar-refractivity contribution in [2.45, 2.75) is 11.8 Å². The summed E-state index contributed by atoms with van der Waals surface area (Å²) in [5.41, 5.74) is 2.36. The lowest BCUT2D eigenvalue weighted by Crippen LogP contribution is -2.51. The highest BCUT2D eigenvalue weighted by Crippen LogP contribution is 2.35. The Morgan fingerprint density at radius 1 is 0.923 bits per heavy atom. The maximum atomic E-state index is 13.8. The molecule has 206 valence electrons. The van der Waals surface area contributed by atoms with Crippen molar-refractivity contribution in [1.29, 1.82) is 0 Å². The largest absolute Gasteiger partial charge is 0.497 e. The van der Waals surface area contributed by atoms with E-state index < -0.39 is 10.0 Å². The van der Waals surface area contributed by atoms with Gasteiger partial charge in [-0.2, -0.15) is 0 Å². The molecule has 1 saturated heterocycles. The van der Waals surface area contributed by atoms with Crippen molar-refractivity contribution in [3.05, 3.63) is 90.0 Å². The molecule has 9 heteroatoms. The molecule has 1 heterocycles. The molecule has 4 rings (SSSR count). The van der Waals surface area contributed by atoms with Gasteiger partial charge in [-0.15, -0.1) is 0 Å². The van der Waals surface area contributed by atoms with Gasteiger partial charge < -0.3 is 14.4 Å². The van der Waals surface area contributed by atoms with E-state index in [2.05, 4.69) is 29.2 Å². The zero-order valence-electron chi connectivity index (χ0n) is 22.6. The van der Waals surface area contributed by atoms with E-state index in [1.54, 1.807) is 47.4 Å². The number of rotatable bonds is 10. The molecule has 3 aromatic carbocycles. The first-order valence-electron chi connectivity index (χ1n) is 12.8. The lowest BCUT2D eigenvalue weighted by molar-refractivity contribution is -0.131. The summed E-state index contributed by atoms with van der Waals surface area (Å²) in [5, 5.41) is 0.